The number of carbonyl (C=O) groups excluding carboxylic acids is 1. The van der Waals surface area contributed by atoms with Crippen LogP contribution in [0.1, 0.15) is 18.4 Å². The standard InChI is InChI=1S/C12H10N2O3/c13-7-8-3-1-2-4-9(8)14-10(12(16)17)5-6-11(14)15/h1-4,10H,5-6H2,(H,16,17). The molecule has 17 heavy (non-hydrogen) atoms. The molecule has 5 nitrogen and oxygen atoms in total. The molecule has 1 aromatic carbocycles. The van der Waals surface area contributed by atoms with Crippen LogP contribution in [0.25, 0.3) is 0 Å². The molecule has 0 aliphatic carbocycles. The summed E-state index contributed by atoms with van der Waals surface area (Å²) in [6.07, 6.45) is 0.491. The van der Waals surface area contributed by atoms with Gasteiger partial charge in [-0.15, -0.1) is 0 Å². The van der Waals surface area contributed by atoms with Crippen molar-refractivity contribution in [2.45, 2.75) is 18.9 Å². The molecule has 1 aromatic rings. The topological polar surface area (TPSA) is 81.4 Å². The number of carboxylic acid groups (broad SMARTS) is 1. The predicted octanol–water partition coefficient (Wildman–Crippen LogP) is 1.14. The summed E-state index contributed by atoms with van der Waals surface area (Å²) in [4.78, 5) is 24.0. The minimum atomic E-state index is -1.04. The largest absolute Gasteiger partial charge is 0.480 e. The van der Waals surface area contributed by atoms with E-state index in [2.05, 4.69) is 0 Å². The summed E-state index contributed by atoms with van der Waals surface area (Å²) in [5, 5.41) is 18.0. The number of nitrogens with zero attached hydrogens (tertiary/aromatic N) is 2. The first kappa shape index (κ1) is 11.1. The number of amides is 1. The second-order valence-electron chi connectivity index (χ2n) is 3.79. The van der Waals surface area contributed by atoms with Gasteiger partial charge in [0, 0.05) is 6.42 Å². The molecule has 1 N–H and O–H groups in total. The number of aliphatic carboxylic acids is 1. The molecule has 0 radical (unpaired) electrons. The molecule has 1 amide bonds. The summed E-state index contributed by atoms with van der Waals surface area (Å²) in [6, 6.07) is 7.63. The van der Waals surface area contributed by atoms with E-state index in [9.17, 15) is 9.59 Å². The number of anilines is 1. The summed E-state index contributed by atoms with van der Waals surface area (Å²) in [7, 11) is 0. The lowest BCUT2D eigenvalue weighted by Crippen LogP contribution is -2.39. The Morgan fingerprint density at radius 3 is 2.82 bits per heavy atom. The van der Waals surface area contributed by atoms with Crippen molar-refractivity contribution < 1.29 is 14.7 Å². The zero-order chi connectivity index (χ0) is 12.4. The minimum absolute atomic E-state index is 0.205. The fourth-order valence-electron chi connectivity index (χ4n) is 2.00. The molecule has 1 aliphatic heterocycles. The fourth-order valence-corrected chi connectivity index (χ4v) is 2.00. The van der Waals surface area contributed by atoms with Crippen molar-refractivity contribution in [2.24, 2.45) is 0 Å². The van der Waals surface area contributed by atoms with E-state index in [-0.39, 0.29) is 18.7 Å². The van der Waals surface area contributed by atoms with E-state index < -0.39 is 12.0 Å². The normalized spacial score (nSPS) is 19.1. The number of carbonyl (C=O) groups is 2. The smallest absolute Gasteiger partial charge is 0.326 e. The molecule has 1 unspecified atom stereocenters. The first-order valence-corrected chi connectivity index (χ1v) is 5.19. The van der Waals surface area contributed by atoms with Crippen LogP contribution in [-0.4, -0.2) is 23.0 Å². The van der Waals surface area contributed by atoms with Gasteiger partial charge in [0.15, 0.2) is 0 Å². The summed E-state index contributed by atoms with van der Waals surface area (Å²) in [5.41, 5.74) is 0.693. The van der Waals surface area contributed by atoms with E-state index in [1.54, 1.807) is 24.3 Å². The van der Waals surface area contributed by atoms with Crippen LogP contribution in [0.5, 0.6) is 0 Å². The zero-order valence-electron chi connectivity index (χ0n) is 8.96. The molecular weight excluding hydrogens is 220 g/mol. The summed E-state index contributed by atoms with van der Waals surface area (Å²) < 4.78 is 0. The Balaban J connectivity index is 2.47. The van der Waals surface area contributed by atoms with Crippen molar-refractivity contribution in [3.05, 3.63) is 29.8 Å². The number of hydrogen-bond acceptors (Lipinski definition) is 3. The van der Waals surface area contributed by atoms with Crippen LogP contribution >= 0.6 is 0 Å². The number of benzene rings is 1. The van der Waals surface area contributed by atoms with Gasteiger partial charge in [0.1, 0.15) is 12.1 Å². The molecule has 5 heteroatoms. The van der Waals surface area contributed by atoms with Crippen LogP contribution in [0.3, 0.4) is 0 Å². The molecule has 0 aromatic heterocycles. The highest BCUT2D eigenvalue weighted by Crippen LogP contribution is 2.29. The molecule has 1 fully saturated rings. The van der Waals surface area contributed by atoms with Gasteiger partial charge in [-0.2, -0.15) is 5.26 Å². The second kappa shape index (κ2) is 4.26. The molecular formula is C12H10N2O3. The maximum atomic E-state index is 11.7. The first-order valence-electron chi connectivity index (χ1n) is 5.19. The van der Waals surface area contributed by atoms with E-state index in [1.165, 1.54) is 4.90 Å². The molecule has 1 atom stereocenters. The number of hydrogen-bond donors (Lipinski definition) is 1. The maximum absolute atomic E-state index is 11.7. The Kier molecular flexibility index (Phi) is 2.79. The Hall–Kier alpha value is -2.35. The predicted molar refractivity (Wildman–Crippen MR) is 59.3 cm³/mol. The molecule has 1 heterocycles. The highest BCUT2D eigenvalue weighted by Gasteiger charge is 2.37. The maximum Gasteiger partial charge on any atom is 0.326 e. The van der Waals surface area contributed by atoms with Crippen LogP contribution in [0.15, 0.2) is 24.3 Å². The Bertz CT molecular complexity index is 519. The summed E-state index contributed by atoms with van der Waals surface area (Å²) in [5.74, 6) is -1.29. The molecule has 0 spiro atoms. The van der Waals surface area contributed by atoms with Gasteiger partial charge in [-0.25, -0.2) is 4.79 Å². The highest BCUT2D eigenvalue weighted by molar-refractivity contribution is 6.03. The Labute approximate surface area is 97.9 Å². The van der Waals surface area contributed by atoms with Gasteiger partial charge in [-0.3, -0.25) is 9.69 Å². The van der Waals surface area contributed by atoms with E-state index >= 15 is 0 Å². The quantitative estimate of drug-likeness (QED) is 0.825. The third-order valence-corrected chi connectivity index (χ3v) is 2.78. The summed E-state index contributed by atoms with van der Waals surface area (Å²) in [6.45, 7) is 0. The SMILES string of the molecule is N#Cc1ccccc1N1C(=O)CCC1C(=O)O. The molecule has 1 aliphatic rings. The van der Waals surface area contributed by atoms with Gasteiger partial charge in [0.05, 0.1) is 11.3 Å². The van der Waals surface area contributed by atoms with Crippen LogP contribution in [0, 0.1) is 11.3 Å². The number of para-hydroxylation sites is 1. The second-order valence-corrected chi connectivity index (χ2v) is 3.79. The van der Waals surface area contributed by atoms with Crippen molar-refractivity contribution in [3.8, 4) is 6.07 Å². The van der Waals surface area contributed by atoms with Gasteiger partial charge in [0.2, 0.25) is 5.91 Å². The third kappa shape index (κ3) is 1.85. The molecule has 86 valence electrons. The first-order chi connectivity index (χ1) is 8.15. The number of rotatable bonds is 2. The van der Waals surface area contributed by atoms with Crippen LogP contribution in [0.2, 0.25) is 0 Å². The number of carboxylic acids is 1. The van der Waals surface area contributed by atoms with E-state index in [0.717, 1.165) is 0 Å². The lowest BCUT2D eigenvalue weighted by Gasteiger charge is -2.22. The van der Waals surface area contributed by atoms with Gasteiger partial charge in [0.25, 0.3) is 0 Å². The van der Waals surface area contributed by atoms with E-state index in [0.29, 0.717) is 11.3 Å². The lowest BCUT2D eigenvalue weighted by atomic mass is 10.1. The van der Waals surface area contributed by atoms with Crippen molar-refractivity contribution in [1.29, 1.82) is 5.26 Å². The average molecular weight is 230 g/mol. The van der Waals surface area contributed by atoms with Gasteiger partial charge >= 0.3 is 5.97 Å². The van der Waals surface area contributed by atoms with Crippen molar-refractivity contribution in [1.82, 2.24) is 0 Å². The van der Waals surface area contributed by atoms with Gasteiger partial charge < -0.3 is 5.11 Å². The fraction of sp³-hybridized carbons (Fsp3) is 0.250. The van der Waals surface area contributed by atoms with Gasteiger partial charge in [-0.1, -0.05) is 12.1 Å². The van der Waals surface area contributed by atoms with Crippen LogP contribution in [-0.2, 0) is 9.59 Å². The monoisotopic (exact) mass is 230 g/mol. The molecule has 1 saturated heterocycles. The Morgan fingerprint density at radius 1 is 1.47 bits per heavy atom. The molecule has 0 bridgehead atoms. The van der Waals surface area contributed by atoms with Crippen LogP contribution < -0.4 is 4.90 Å². The Morgan fingerprint density at radius 2 is 2.18 bits per heavy atom. The van der Waals surface area contributed by atoms with Gasteiger partial charge in [-0.05, 0) is 18.6 Å². The summed E-state index contributed by atoms with van der Waals surface area (Å²) >= 11 is 0. The number of nitriles is 1. The molecule has 0 saturated carbocycles. The zero-order valence-corrected chi connectivity index (χ0v) is 8.96. The molecule has 2 rings (SSSR count). The minimum Gasteiger partial charge on any atom is -0.480 e. The van der Waals surface area contributed by atoms with Crippen molar-refractivity contribution in [2.75, 3.05) is 4.90 Å². The highest BCUT2D eigenvalue weighted by atomic mass is 16.4. The van der Waals surface area contributed by atoms with E-state index in [4.69, 9.17) is 10.4 Å². The van der Waals surface area contributed by atoms with Crippen molar-refractivity contribution in [3.63, 3.8) is 0 Å². The van der Waals surface area contributed by atoms with Crippen molar-refractivity contribution >= 4 is 17.6 Å². The average Bonchev–Trinajstić information content (AvgIpc) is 2.71. The lowest BCUT2D eigenvalue weighted by molar-refractivity contribution is -0.138. The van der Waals surface area contributed by atoms with E-state index in [1.807, 2.05) is 6.07 Å². The van der Waals surface area contributed by atoms with Crippen LogP contribution in [0.4, 0.5) is 5.69 Å². The third-order valence-electron chi connectivity index (χ3n) is 2.78.